The van der Waals surface area contributed by atoms with Crippen LogP contribution in [0.3, 0.4) is 0 Å². The number of hydrogen-bond donors (Lipinski definition) is 1. The van der Waals surface area contributed by atoms with Crippen molar-refractivity contribution in [3.05, 3.63) is 0 Å². The van der Waals surface area contributed by atoms with Crippen LogP contribution in [0.5, 0.6) is 0 Å². The van der Waals surface area contributed by atoms with Gasteiger partial charge in [0, 0.05) is 25.6 Å². The van der Waals surface area contributed by atoms with Crippen LogP contribution in [-0.2, 0) is 4.74 Å². The predicted octanol–water partition coefficient (Wildman–Crippen LogP) is -0.0735. The summed E-state index contributed by atoms with van der Waals surface area (Å²) < 4.78 is 5.77. The Balaban J connectivity index is 1.96. The first-order valence-electron chi connectivity index (χ1n) is 4.87. The lowest BCUT2D eigenvalue weighted by atomic mass is 9.95. The Morgan fingerprint density at radius 3 is 3.33 bits per heavy atom. The van der Waals surface area contributed by atoms with E-state index in [1.54, 1.807) is 0 Å². The normalized spacial score (nSPS) is 38.8. The van der Waals surface area contributed by atoms with Gasteiger partial charge in [0.25, 0.3) is 0 Å². The van der Waals surface area contributed by atoms with E-state index < -0.39 is 0 Å². The topological polar surface area (TPSA) is 24.5 Å². The number of nitrogens with one attached hydrogen (secondary N) is 1. The van der Waals surface area contributed by atoms with Crippen LogP contribution in [-0.4, -0.2) is 50.8 Å². The fourth-order valence-corrected chi connectivity index (χ4v) is 2.14. The molecule has 0 aromatic heterocycles. The summed E-state index contributed by atoms with van der Waals surface area (Å²) in [6.07, 6.45) is 1.75. The van der Waals surface area contributed by atoms with Gasteiger partial charge in [-0.2, -0.15) is 0 Å². The zero-order chi connectivity index (χ0) is 8.39. The number of hydrogen-bond acceptors (Lipinski definition) is 3. The molecule has 0 spiro atoms. The molecule has 0 aliphatic carbocycles. The summed E-state index contributed by atoms with van der Waals surface area (Å²) in [4.78, 5) is 2.38. The third kappa shape index (κ3) is 1.79. The maximum absolute atomic E-state index is 5.77. The second kappa shape index (κ2) is 3.73. The molecule has 0 saturated carbocycles. The van der Waals surface area contributed by atoms with E-state index in [4.69, 9.17) is 4.74 Å². The number of likely N-dealkylation sites (N-methyl/N-ethyl adjacent to an activating group) is 1. The molecular weight excluding hydrogens is 152 g/mol. The monoisotopic (exact) mass is 170 g/mol. The minimum absolute atomic E-state index is 0.476. The van der Waals surface area contributed by atoms with Gasteiger partial charge in [-0.15, -0.1) is 0 Å². The highest BCUT2D eigenvalue weighted by molar-refractivity contribution is 4.82. The van der Waals surface area contributed by atoms with Gasteiger partial charge >= 0.3 is 0 Å². The first kappa shape index (κ1) is 8.48. The molecule has 0 amide bonds. The van der Waals surface area contributed by atoms with Gasteiger partial charge in [-0.25, -0.2) is 0 Å². The highest BCUT2D eigenvalue weighted by atomic mass is 16.5. The average Bonchev–Trinajstić information content (AvgIpc) is 2.25. The number of nitrogens with zero attached hydrogens (tertiary/aromatic N) is 1. The van der Waals surface area contributed by atoms with Gasteiger partial charge in [-0.1, -0.05) is 0 Å². The molecule has 2 aliphatic heterocycles. The number of piperidine rings is 1. The van der Waals surface area contributed by atoms with Gasteiger partial charge in [-0.3, -0.25) is 0 Å². The van der Waals surface area contributed by atoms with Crippen LogP contribution in [0.2, 0.25) is 0 Å². The molecule has 2 fully saturated rings. The van der Waals surface area contributed by atoms with E-state index in [1.807, 2.05) is 0 Å². The van der Waals surface area contributed by atoms with Crippen LogP contribution in [0.1, 0.15) is 6.42 Å². The van der Waals surface area contributed by atoms with Gasteiger partial charge in [0.2, 0.25) is 0 Å². The van der Waals surface area contributed by atoms with Gasteiger partial charge in [-0.05, 0) is 20.0 Å². The molecule has 2 heterocycles. The molecule has 2 aliphatic rings. The smallest absolute Gasteiger partial charge is 0.0740 e. The largest absolute Gasteiger partial charge is 0.375 e. The van der Waals surface area contributed by atoms with Crippen molar-refractivity contribution in [3.63, 3.8) is 0 Å². The third-order valence-electron chi connectivity index (χ3n) is 2.91. The Hall–Kier alpha value is -0.120. The Kier molecular flexibility index (Phi) is 2.63. The molecule has 0 aromatic rings. The fourth-order valence-electron chi connectivity index (χ4n) is 2.14. The minimum atomic E-state index is 0.476. The Morgan fingerprint density at radius 2 is 2.42 bits per heavy atom. The van der Waals surface area contributed by atoms with Crippen molar-refractivity contribution in [1.29, 1.82) is 0 Å². The summed E-state index contributed by atoms with van der Waals surface area (Å²) in [6, 6.07) is 0. The zero-order valence-electron chi connectivity index (χ0n) is 7.75. The Bertz CT molecular complexity index is 151. The number of ether oxygens (including phenoxy) is 1. The lowest BCUT2D eigenvalue weighted by molar-refractivity contribution is 0.0179. The molecule has 2 saturated heterocycles. The average molecular weight is 170 g/mol. The molecular formula is C9H18N2O. The molecule has 3 nitrogen and oxygen atoms in total. The van der Waals surface area contributed by atoms with Crippen molar-refractivity contribution in [1.82, 2.24) is 10.2 Å². The van der Waals surface area contributed by atoms with E-state index in [0.717, 1.165) is 25.6 Å². The molecule has 0 aromatic carbocycles. The van der Waals surface area contributed by atoms with E-state index in [0.29, 0.717) is 6.10 Å². The highest BCUT2D eigenvalue weighted by Gasteiger charge is 2.28. The molecule has 0 radical (unpaired) electrons. The summed E-state index contributed by atoms with van der Waals surface area (Å²) >= 11 is 0. The highest BCUT2D eigenvalue weighted by Crippen LogP contribution is 2.19. The molecule has 0 unspecified atom stereocenters. The first-order valence-corrected chi connectivity index (χ1v) is 4.87. The second-order valence-electron chi connectivity index (χ2n) is 3.92. The van der Waals surface area contributed by atoms with Gasteiger partial charge in [0.1, 0.15) is 0 Å². The van der Waals surface area contributed by atoms with Crippen molar-refractivity contribution in [2.24, 2.45) is 5.92 Å². The minimum Gasteiger partial charge on any atom is -0.375 e. The lowest BCUT2D eigenvalue weighted by Gasteiger charge is -2.30. The van der Waals surface area contributed by atoms with Crippen molar-refractivity contribution in [3.8, 4) is 0 Å². The van der Waals surface area contributed by atoms with Crippen molar-refractivity contribution >= 4 is 0 Å². The third-order valence-corrected chi connectivity index (χ3v) is 2.91. The summed E-state index contributed by atoms with van der Waals surface area (Å²) in [5, 5.41) is 3.38. The summed E-state index contributed by atoms with van der Waals surface area (Å²) in [7, 11) is 2.19. The van der Waals surface area contributed by atoms with Crippen LogP contribution >= 0.6 is 0 Å². The number of fused-ring (bicyclic) bond motifs is 1. The fraction of sp³-hybridized carbons (Fsp3) is 1.00. The van der Waals surface area contributed by atoms with Crippen LogP contribution < -0.4 is 5.32 Å². The Morgan fingerprint density at radius 1 is 1.50 bits per heavy atom. The van der Waals surface area contributed by atoms with E-state index in [-0.39, 0.29) is 0 Å². The van der Waals surface area contributed by atoms with Crippen LogP contribution in [0.4, 0.5) is 0 Å². The maximum atomic E-state index is 5.77. The van der Waals surface area contributed by atoms with Crippen LogP contribution in [0, 0.1) is 5.92 Å². The van der Waals surface area contributed by atoms with Gasteiger partial charge in [0.15, 0.2) is 0 Å². The molecule has 2 rings (SSSR count). The molecule has 1 N–H and O–H groups in total. The van der Waals surface area contributed by atoms with E-state index in [2.05, 4.69) is 17.3 Å². The van der Waals surface area contributed by atoms with E-state index >= 15 is 0 Å². The molecule has 70 valence electrons. The molecule has 3 heteroatoms. The van der Waals surface area contributed by atoms with Gasteiger partial charge < -0.3 is 15.0 Å². The predicted molar refractivity (Wildman–Crippen MR) is 48.2 cm³/mol. The summed E-state index contributed by atoms with van der Waals surface area (Å²) in [5.74, 6) is 0.763. The van der Waals surface area contributed by atoms with E-state index in [1.165, 1.54) is 19.5 Å². The quantitative estimate of drug-likeness (QED) is 0.550. The van der Waals surface area contributed by atoms with Gasteiger partial charge in [0.05, 0.1) is 12.7 Å². The Labute approximate surface area is 74.1 Å². The van der Waals surface area contributed by atoms with Crippen molar-refractivity contribution < 1.29 is 4.74 Å². The summed E-state index contributed by atoms with van der Waals surface area (Å²) in [6.45, 7) is 5.43. The lowest BCUT2D eigenvalue weighted by Crippen LogP contribution is -2.44. The van der Waals surface area contributed by atoms with Crippen LogP contribution in [0.15, 0.2) is 0 Å². The van der Waals surface area contributed by atoms with Crippen LogP contribution in [0.25, 0.3) is 0 Å². The first-order chi connectivity index (χ1) is 5.86. The summed E-state index contributed by atoms with van der Waals surface area (Å²) in [5.41, 5.74) is 0. The molecule has 12 heavy (non-hydrogen) atoms. The van der Waals surface area contributed by atoms with E-state index in [9.17, 15) is 0 Å². The SMILES string of the molecule is CN1CCO[C@H]2CNCC[C@H]2C1. The maximum Gasteiger partial charge on any atom is 0.0740 e. The molecule has 2 atom stereocenters. The zero-order valence-corrected chi connectivity index (χ0v) is 7.75. The second-order valence-corrected chi connectivity index (χ2v) is 3.92. The standard InChI is InChI=1S/C9H18N2O/c1-11-4-5-12-9-6-10-3-2-8(9)7-11/h8-10H,2-7H2,1H3/t8-,9-/m0/s1. The molecule has 0 bridgehead atoms. The van der Waals surface area contributed by atoms with Crippen molar-refractivity contribution in [2.45, 2.75) is 12.5 Å². The van der Waals surface area contributed by atoms with Crippen molar-refractivity contribution in [2.75, 3.05) is 39.8 Å². The number of rotatable bonds is 0.